The molecule has 0 radical (unpaired) electrons. The molecule has 3 nitrogen and oxygen atoms in total. The van der Waals surface area contributed by atoms with Crippen LogP contribution in [0.15, 0.2) is 18.2 Å². The number of rotatable bonds is 6. The minimum Gasteiger partial charge on any atom is -0.328 e. The Kier molecular flexibility index (Phi) is 5.96. The Bertz CT molecular complexity index is 412. The van der Waals surface area contributed by atoms with Gasteiger partial charge in [-0.2, -0.15) is 0 Å². The number of benzene rings is 1. The lowest BCUT2D eigenvalue weighted by Gasteiger charge is -2.13. The van der Waals surface area contributed by atoms with Crippen LogP contribution in [0, 0.1) is 18.7 Å². The van der Waals surface area contributed by atoms with Gasteiger partial charge in [-0.15, -0.1) is 0 Å². The minimum atomic E-state index is -0.333. The van der Waals surface area contributed by atoms with Gasteiger partial charge in [-0.1, -0.05) is 13.3 Å². The second-order valence-electron chi connectivity index (χ2n) is 5.32. The molecular formula is C15H23FN2O. The fourth-order valence-electron chi connectivity index (χ4n) is 1.95. The van der Waals surface area contributed by atoms with E-state index in [-0.39, 0.29) is 23.7 Å². The fraction of sp³-hybridized carbons (Fsp3) is 0.533. The molecule has 2 unspecified atom stereocenters. The highest BCUT2D eigenvalue weighted by molar-refractivity contribution is 5.92. The summed E-state index contributed by atoms with van der Waals surface area (Å²) < 4.78 is 13.2. The third-order valence-corrected chi connectivity index (χ3v) is 3.05. The number of hydrogen-bond donors (Lipinski definition) is 2. The maximum atomic E-state index is 13.2. The van der Waals surface area contributed by atoms with E-state index in [1.165, 1.54) is 12.1 Å². The zero-order valence-corrected chi connectivity index (χ0v) is 11.9. The van der Waals surface area contributed by atoms with E-state index < -0.39 is 0 Å². The van der Waals surface area contributed by atoms with Gasteiger partial charge in [0.2, 0.25) is 5.91 Å². The smallest absolute Gasteiger partial charge is 0.227 e. The quantitative estimate of drug-likeness (QED) is 0.830. The Labute approximate surface area is 114 Å². The van der Waals surface area contributed by atoms with Gasteiger partial charge in [0.15, 0.2) is 0 Å². The number of halogens is 1. The fourth-order valence-corrected chi connectivity index (χ4v) is 1.95. The maximum absolute atomic E-state index is 13.2. The molecule has 4 heteroatoms. The molecule has 1 rings (SSSR count). The van der Waals surface area contributed by atoms with Crippen LogP contribution >= 0.6 is 0 Å². The van der Waals surface area contributed by atoms with Gasteiger partial charge >= 0.3 is 0 Å². The summed E-state index contributed by atoms with van der Waals surface area (Å²) >= 11 is 0. The predicted octanol–water partition coefficient (Wildman–Crippen LogP) is 3.23. The van der Waals surface area contributed by atoms with Gasteiger partial charge < -0.3 is 11.1 Å². The average molecular weight is 266 g/mol. The minimum absolute atomic E-state index is 0.0744. The van der Waals surface area contributed by atoms with E-state index in [2.05, 4.69) is 5.32 Å². The molecule has 0 bridgehead atoms. The Morgan fingerprint density at radius 3 is 2.58 bits per heavy atom. The summed E-state index contributed by atoms with van der Waals surface area (Å²) in [5.41, 5.74) is 6.98. The molecule has 0 aliphatic carbocycles. The number of anilines is 1. The number of aryl methyl sites for hydroxylation is 1. The molecule has 1 aromatic carbocycles. The summed E-state index contributed by atoms with van der Waals surface area (Å²) in [4.78, 5) is 11.9. The van der Waals surface area contributed by atoms with Crippen LogP contribution < -0.4 is 11.1 Å². The predicted molar refractivity (Wildman–Crippen MR) is 76.4 cm³/mol. The van der Waals surface area contributed by atoms with Gasteiger partial charge in [-0.3, -0.25) is 4.79 Å². The number of nitrogens with one attached hydrogen (secondary N) is 1. The van der Waals surface area contributed by atoms with Crippen molar-refractivity contribution in [1.82, 2.24) is 0 Å². The highest BCUT2D eigenvalue weighted by Crippen LogP contribution is 2.16. The van der Waals surface area contributed by atoms with Crippen LogP contribution in [-0.4, -0.2) is 11.9 Å². The van der Waals surface area contributed by atoms with Crippen LogP contribution in [0.4, 0.5) is 10.1 Å². The van der Waals surface area contributed by atoms with E-state index in [0.29, 0.717) is 5.69 Å². The summed E-state index contributed by atoms with van der Waals surface area (Å²) in [5.74, 6) is -0.503. The zero-order chi connectivity index (χ0) is 14.4. The van der Waals surface area contributed by atoms with Crippen molar-refractivity contribution in [3.05, 3.63) is 29.6 Å². The van der Waals surface area contributed by atoms with Gasteiger partial charge in [0, 0.05) is 17.6 Å². The lowest BCUT2D eigenvalue weighted by atomic mass is 10.0. The first-order valence-electron chi connectivity index (χ1n) is 6.72. The third-order valence-electron chi connectivity index (χ3n) is 3.05. The monoisotopic (exact) mass is 266 g/mol. The van der Waals surface area contributed by atoms with E-state index >= 15 is 0 Å². The van der Waals surface area contributed by atoms with Gasteiger partial charge in [-0.25, -0.2) is 4.39 Å². The molecule has 106 valence electrons. The van der Waals surface area contributed by atoms with Crippen LogP contribution in [0.2, 0.25) is 0 Å². The van der Waals surface area contributed by atoms with Crippen LogP contribution in [-0.2, 0) is 4.79 Å². The first-order valence-corrected chi connectivity index (χ1v) is 6.72. The summed E-state index contributed by atoms with van der Waals surface area (Å²) in [7, 11) is 0. The van der Waals surface area contributed by atoms with Gasteiger partial charge in [0.05, 0.1) is 0 Å². The standard InChI is InChI=1S/C15H23FN2O/c1-10-7-13(16)9-14(8-10)18-15(19)11(2)5-4-6-12(3)17/h7-9,11-12H,4-6,17H2,1-3H3,(H,18,19). The molecule has 0 aliphatic heterocycles. The highest BCUT2D eigenvalue weighted by Gasteiger charge is 2.13. The van der Waals surface area contributed by atoms with Crippen LogP contribution in [0.1, 0.15) is 38.7 Å². The molecule has 0 fully saturated rings. The van der Waals surface area contributed by atoms with E-state index in [4.69, 9.17) is 5.73 Å². The van der Waals surface area contributed by atoms with Crippen molar-refractivity contribution in [1.29, 1.82) is 0 Å². The molecule has 0 spiro atoms. The Balaban J connectivity index is 2.49. The molecule has 1 aromatic rings. The first kappa shape index (κ1) is 15.6. The molecule has 0 saturated heterocycles. The molecule has 0 aromatic heterocycles. The van der Waals surface area contributed by atoms with E-state index in [9.17, 15) is 9.18 Å². The number of carbonyl (C=O) groups is 1. The second-order valence-corrected chi connectivity index (χ2v) is 5.32. The Morgan fingerprint density at radius 2 is 2.00 bits per heavy atom. The molecule has 0 heterocycles. The third kappa shape index (κ3) is 5.83. The molecular weight excluding hydrogens is 243 g/mol. The van der Waals surface area contributed by atoms with Crippen molar-refractivity contribution in [2.75, 3.05) is 5.32 Å². The first-order chi connectivity index (χ1) is 8.88. The SMILES string of the molecule is Cc1cc(F)cc(NC(=O)C(C)CCCC(C)N)c1. The maximum Gasteiger partial charge on any atom is 0.227 e. The van der Waals surface area contributed by atoms with Crippen LogP contribution in [0.5, 0.6) is 0 Å². The van der Waals surface area contributed by atoms with Crippen molar-refractivity contribution >= 4 is 11.6 Å². The molecule has 0 aliphatic rings. The van der Waals surface area contributed by atoms with Crippen molar-refractivity contribution in [3.8, 4) is 0 Å². The van der Waals surface area contributed by atoms with Crippen LogP contribution in [0.3, 0.4) is 0 Å². The lowest BCUT2D eigenvalue weighted by molar-refractivity contribution is -0.119. The zero-order valence-electron chi connectivity index (χ0n) is 11.9. The van der Waals surface area contributed by atoms with E-state index in [1.807, 2.05) is 13.8 Å². The average Bonchev–Trinajstić information content (AvgIpc) is 2.26. The van der Waals surface area contributed by atoms with E-state index in [0.717, 1.165) is 24.8 Å². The molecule has 2 atom stereocenters. The number of amides is 1. The van der Waals surface area contributed by atoms with E-state index in [1.54, 1.807) is 13.0 Å². The van der Waals surface area contributed by atoms with Crippen LogP contribution in [0.25, 0.3) is 0 Å². The second kappa shape index (κ2) is 7.24. The van der Waals surface area contributed by atoms with Crippen molar-refractivity contribution in [2.24, 2.45) is 11.7 Å². The van der Waals surface area contributed by atoms with Gasteiger partial charge in [0.1, 0.15) is 5.82 Å². The molecule has 19 heavy (non-hydrogen) atoms. The summed E-state index contributed by atoms with van der Waals surface area (Å²) in [6.45, 7) is 5.63. The lowest BCUT2D eigenvalue weighted by Crippen LogP contribution is -2.21. The summed E-state index contributed by atoms with van der Waals surface area (Å²) in [6.07, 6.45) is 2.63. The number of carbonyl (C=O) groups excluding carboxylic acids is 1. The molecule has 3 N–H and O–H groups in total. The number of nitrogens with two attached hydrogens (primary N) is 1. The highest BCUT2D eigenvalue weighted by atomic mass is 19.1. The topological polar surface area (TPSA) is 55.1 Å². The van der Waals surface area contributed by atoms with Gasteiger partial charge in [-0.05, 0) is 50.5 Å². The number of hydrogen-bond acceptors (Lipinski definition) is 2. The van der Waals surface area contributed by atoms with Crippen molar-refractivity contribution in [3.63, 3.8) is 0 Å². The van der Waals surface area contributed by atoms with Gasteiger partial charge in [0.25, 0.3) is 0 Å². The largest absolute Gasteiger partial charge is 0.328 e. The normalized spacial score (nSPS) is 13.9. The summed E-state index contributed by atoms with van der Waals surface area (Å²) in [5, 5.41) is 2.75. The molecule has 0 saturated carbocycles. The summed E-state index contributed by atoms with van der Waals surface area (Å²) in [6, 6.07) is 4.69. The Morgan fingerprint density at radius 1 is 1.32 bits per heavy atom. The van der Waals surface area contributed by atoms with Crippen molar-refractivity contribution < 1.29 is 9.18 Å². The van der Waals surface area contributed by atoms with Crippen molar-refractivity contribution in [2.45, 2.75) is 46.1 Å². The molecule has 1 amide bonds. The Hall–Kier alpha value is -1.42.